The Morgan fingerprint density at radius 2 is 2.16 bits per heavy atom. The lowest BCUT2D eigenvalue weighted by molar-refractivity contribution is -0.122. The maximum atomic E-state index is 12.0. The molecule has 1 amide bonds. The van der Waals surface area contributed by atoms with Gasteiger partial charge in [0.15, 0.2) is 0 Å². The summed E-state index contributed by atoms with van der Waals surface area (Å²) in [6, 6.07) is 9.93. The lowest BCUT2D eigenvalue weighted by Crippen LogP contribution is -2.38. The topological polar surface area (TPSA) is 54.3 Å². The molecule has 2 aromatic rings. The molecule has 1 heterocycles. The van der Waals surface area contributed by atoms with Gasteiger partial charge in [-0.2, -0.15) is 0 Å². The van der Waals surface area contributed by atoms with Crippen LogP contribution in [0.25, 0.3) is 10.9 Å². The fraction of sp³-hybridized carbons (Fsp3) is 0.400. The monoisotopic (exact) mass is 260 g/mol. The van der Waals surface area contributed by atoms with E-state index in [1.807, 2.05) is 42.7 Å². The fourth-order valence-corrected chi connectivity index (χ4v) is 2.25. The van der Waals surface area contributed by atoms with Crippen LogP contribution < -0.4 is 5.32 Å². The van der Waals surface area contributed by atoms with Crippen molar-refractivity contribution in [2.24, 2.45) is 0 Å². The van der Waals surface area contributed by atoms with Crippen molar-refractivity contribution in [1.82, 2.24) is 9.88 Å². The highest BCUT2D eigenvalue weighted by Crippen LogP contribution is 2.18. The van der Waals surface area contributed by atoms with Crippen LogP contribution in [0, 0.1) is 6.92 Å². The van der Waals surface area contributed by atoms with E-state index in [1.54, 1.807) is 0 Å². The van der Waals surface area contributed by atoms with Crippen LogP contribution in [0.4, 0.5) is 0 Å². The maximum Gasteiger partial charge on any atom is 0.240 e. The summed E-state index contributed by atoms with van der Waals surface area (Å²) in [5, 5.41) is 13.1. The summed E-state index contributed by atoms with van der Waals surface area (Å²) in [4.78, 5) is 12.0. The van der Waals surface area contributed by atoms with Crippen molar-refractivity contribution in [3.05, 3.63) is 36.0 Å². The molecule has 0 bridgehead atoms. The van der Waals surface area contributed by atoms with Gasteiger partial charge in [-0.05, 0) is 30.9 Å². The number of aryl methyl sites for hydroxylation is 1. The van der Waals surface area contributed by atoms with Crippen molar-refractivity contribution in [3.8, 4) is 0 Å². The van der Waals surface area contributed by atoms with Gasteiger partial charge in [0.1, 0.15) is 6.54 Å². The van der Waals surface area contributed by atoms with Gasteiger partial charge in [0.2, 0.25) is 5.91 Å². The predicted octanol–water partition coefficient (Wildman–Crippen LogP) is 1.84. The molecule has 1 atom stereocenters. The van der Waals surface area contributed by atoms with Crippen molar-refractivity contribution >= 4 is 16.8 Å². The molecule has 4 nitrogen and oxygen atoms in total. The molecule has 102 valence electrons. The van der Waals surface area contributed by atoms with E-state index in [1.165, 1.54) is 0 Å². The lowest BCUT2D eigenvalue weighted by atomic mass is 10.2. The molecule has 19 heavy (non-hydrogen) atoms. The number of rotatable bonds is 5. The minimum Gasteiger partial charge on any atom is -0.394 e. The van der Waals surface area contributed by atoms with Crippen molar-refractivity contribution in [2.75, 3.05) is 6.61 Å². The second-order valence-corrected chi connectivity index (χ2v) is 4.79. The number of para-hydroxylation sites is 1. The third-order valence-corrected chi connectivity index (χ3v) is 3.40. The zero-order valence-electron chi connectivity index (χ0n) is 11.4. The highest BCUT2D eigenvalue weighted by atomic mass is 16.3. The van der Waals surface area contributed by atoms with E-state index in [0.29, 0.717) is 0 Å². The molecule has 0 aliphatic heterocycles. The average Bonchev–Trinajstić information content (AvgIpc) is 2.72. The highest BCUT2D eigenvalue weighted by molar-refractivity contribution is 5.84. The van der Waals surface area contributed by atoms with Gasteiger partial charge in [0.25, 0.3) is 0 Å². The van der Waals surface area contributed by atoms with Crippen molar-refractivity contribution < 1.29 is 9.90 Å². The maximum absolute atomic E-state index is 12.0. The number of nitrogens with one attached hydrogen (secondary N) is 1. The largest absolute Gasteiger partial charge is 0.394 e. The number of hydrogen-bond acceptors (Lipinski definition) is 2. The van der Waals surface area contributed by atoms with Crippen LogP contribution in [0.2, 0.25) is 0 Å². The second-order valence-electron chi connectivity index (χ2n) is 4.79. The molecule has 1 aromatic heterocycles. The number of benzene rings is 1. The Kier molecular flexibility index (Phi) is 4.22. The summed E-state index contributed by atoms with van der Waals surface area (Å²) in [7, 11) is 0. The van der Waals surface area contributed by atoms with Crippen molar-refractivity contribution in [3.63, 3.8) is 0 Å². The molecule has 2 N–H and O–H groups in total. The SMILES string of the molecule is CC[C@H](CO)NC(=O)Cn1c(C)cc2ccccc21. The molecule has 0 fully saturated rings. The molecule has 0 aliphatic rings. The number of amides is 1. The van der Waals surface area contributed by atoms with E-state index < -0.39 is 0 Å². The van der Waals surface area contributed by atoms with Crippen LogP contribution in [-0.4, -0.2) is 28.2 Å². The number of fused-ring (bicyclic) bond motifs is 1. The summed E-state index contributed by atoms with van der Waals surface area (Å²) in [6.07, 6.45) is 0.730. The molecule has 0 spiro atoms. The molecule has 0 unspecified atom stereocenters. The fourth-order valence-electron chi connectivity index (χ4n) is 2.25. The molecule has 1 aromatic carbocycles. The van der Waals surface area contributed by atoms with Gasteiger partial charge in [-0.3, -0.25) is 4.79 Å². The first-order valence-electron chi connectivity index (χ1n) is 6.60. The van der Waals surface area contributed by atoms with Crippen LogP contribution in [0.15, 0.2) is 30.3 Å². The van der Waals surface area contributed by atoms with Crippen molar-refractivity contribution in [1.29, 1.82) is 0 Å². The zero-order chi connectivity index (χ0) is 13.8. The van der Waals surface area contributed by atoms with Gasteiger partial charge in [0, 0.05) is 11.2 Å². The lowest BCUT2D eigenvalue weighted by Gasteiger charge is -2.15. The minimum absolute atomic E-state index is 0.0202. The number of carbonyl (C=O) groups excluding carboxylic acids is 1. The van der Waals surface area contributed by atoms with Crippen LogP contribution in [0.5, 0.6) is 0 Å². The molecule has 0 saturated heterocycles. The van der Waals surface area contributed by atoms with Crippen LogP contribution in [0.3, 0.4) is 0 Å². The normalized spacial score (nSPS) is 12.6. The highest BCUT2D eigenvalue weighted by Gasteiger charge is 2.12. The summed E-state index contributed by atoms with van der Waals surface area (Å²) in [5.41, 5.74) is 2.13. The van der Waals surface area contributed by atoms with E-state index in [0.717, 1.165) is 23.0 Å². The van der Waals surface area contributed by atoms with Crippen LogP contribution in [-0.2, 0) is 11.3 Å². The molecule has 4 heteroatoms. The third-order valence-electron chi connectivity index (χ3n) is 3.40. The molecular weight excluding hydrogens is 240 g/mol. The van der Waals surface area contributed by atoms with Gasteiger partial charge in [-0.15, -0.1) is 0 Å². The smallest absolute Gasteiger partial charge is 0.240 e. The third kappa shape index (κ3) is 2.96. The molecular formula is C15H20N2O2. The minimum atomic E-state index is -0.158. The Hall–Kier alpha value is -1.81. The quantitative estimate of drug-likeness (QED) is 0.862. The Morgan fingerprint density at radius 1 is 1.42 bits per heavy atom. The number of aromatic nitrogens is 1. The van der Waals surface area contributed by atoms with E-state index in [4.69, 9.17) is 5.11 Å². The van der Waals surface area contributed by atoms with Gasteiger partial charge in [0.05, 0.1) is 12.6 Å². The number of aliphatic hydroxyl groups excluding tert-OH is 1. The number of aliphatic hydroxyl groups is 1. The van der Waals surface area contributed by atoms with Gasteiger partial charge < -0.3 is 15.0 Å². The number of carbonyl (C=O) groups is 1. The van der Waals surface area contributed by atoms with Crippen molar-refractivity contribution in [2.45, 2.75) is 32.9 Å². The summed E-state index contributed by atoms with van der Waals surface area (Å²) in [6.45, 7) is 4.21. The van der Waals surface area contributed by atoms with E-state index >= 15 is 0 Å². The molecule has 2 rings (SSSR count). The molecule has 0 radical (unpaired) electrons. The molecule has 0 saturated carbocycles. The Bertz CT molecular complexity index is 571. The van der Waals surface area contributed by atoms with Gasteiger partial charge in [-0.1, -0.05) is 25.1 Å². The van der Waals surface area contributed by atoms with E-state index in [2.05, 4.69) is 11.4 Å². The Morgan fingerprint density at radius 3 is 2.84 bits per heavy atom. The van der Waals surface area contributed by atoms with Crippen LogP contribution >= 0.6 is 0 Å². The first-order chi connectivity index (χ1) is 9.15. The number of nitrogens with zero attached hydrogens (tertiary/aromatic N) is 1. The number of hydrogen-bond donors (Lipinski definition) is 2. The Balaban J connectivity index is 2.17. The summed E-state index contributed by atoms with van der Waals surface area (Å²) >= 11 is 0. The first kappa shape index (κ1) is 13.6. The summed E-state index contributed by atoms with van der Waals surface area (Å²) < 4.78 is 1.99. The standard InChI is InChI=1S/C15H20N2O2/c1-3-13(10-18)16-15(19)9-17-11(2)8-12-6-4-5-7-14(12)17/h4-8,13,18H,3,9-10H2,1-2H3,(H,16,19)/t13-/m1/s1. The van der Waals surface area contributed by atoms with Gasteiger partial charge in [-0.25, -0.2) is 0 Å². The zero-order valence-corrected chi connectivity index (χ0v) is 11.4. The van der Waals surface area contributed by atoms with E-state index in [9.17, 15) is 4.79 Å². The predicted molar refractivity (Wildman–Crippen MR) is 76.0 cm³/mol. The van der Waals surface area contributed by atoms with Gasteiger partial charge >= 0.3 is 0 Å². The van der Waals surface area contributed by atoms with Crippen LogP contribution in [0.1, 0.15) is 19.0 Å². The van der Waals surface area contributed by atoms with E-state index in [-0.39, 0.29) is 25.1 Å². The molecule has 0 aliphatic carbocycles. The second kappa shape index (κ2) is 5.89. The Labute approximate surface area is 113 Å². The average molecular weight is 260 g/mol. The summed E-state index contributed by atoms with van der Waals surface area (Å²) in [5.74, 6) is -0.0645. The first-order valence-corrected chi connectivity index (χ1v) is 6.60.